The molecule has 1 saturated heterocycles. The van der Waals surface area contributed by atoms with E-state index in [4.69, 9.17) is 18.9 Å². The maximum Gasteiger partial charge on any atom is 0.306 e. The van der Waals surface area contributed by atoms with E-state index in [1.165, 1.54) is 83.5 Å². The first kappa shape index (κ1) is 51.0. The van der Waals surface area contributed by atoms with E-state index < -0.39 is 55.4 Å². The van der Waals surface area contributed by atoms with Crippen LogP contribution in [0, 0.1) is 0 Å². The van der Waals surface area contributed by atoms with E-state index in [2.05, 4.69) is 43.9 Å². The van der Waals surface area contributed by atoms with Crippen molar-refractivity contribution < 1.29 is 49.0 Å². The number of hydrogen-bond donors (Lipinski definition) is 4. The summed E-state index contributed by atoms with van der Waals surface area (Å²) in [6.07, 6.45) is 29.6. The molecule has 10 heteroatoms. The lowest BCUT2D eigenvalue weighted by molar-refractivity contribution is -0.305. The fourth-order valence-electron chi connectivity index (χ4n) is 6.51. The van der Waals surface area contributed by atoms with E-state index >= 15 is 0 Å². The molecular weight excluding hydrogens is 700 g/mol. The van der Waals surface area contributed by atoms with Gasteiger partial charge in [-0.2, -0.15) is 0 Å². The van der Waals surface area contributed by atoms with Crippen LogP contribution in [0.1, 0.15) is 187 Å². The Morgan fingerprint density at radius 1 is 0.600 bits per heavy atom. The summed E-state index contributed by atoms with van der Waals surface area (Å²) >= 11 is 0. The quantitative estimate of drug-likeness (QED) is 0.0210. The van der Waals surface area contributed by atoms with Gasteiger partial charge in [-0.3, -0.25) is 9.59 Å². The minimum atomic E-state index is -1.60. The zero-order valence-corrected chi connectivity index (χ0v) is 34.7. The van der Waals surface area contributed by atoms with Crippen LogP contribution in [0.5, 0.6) is 0 Å². The second-order valence-electron chi connectivity index (χ2n) is 15.2. The molecule has 0 amide bonds. The summed E-state index contributed by atoms with van der Waals surface area (Å²) < 4.78 is 22.1. The first-order chi connectivity index (χ1) is 26.8. The Morgan fingerprint density at radius 2 is 1.07 bits per heavy atom. The number of aliphatic hydroxyl groups is 4. The second-order valence-corrected chi connectivity index (χ2v) is 15.2. The molecule has 1 fully saturated rings. The minimum absolute atomic E-state index is 0.221. The van der Waals surface area contributed by atoms with Crippen molar-refractivity contribution >= 4 is 11.9 Å². The van der Waals surface area contributed by atoms with Crippen LogP contribution in [0.25, 0.3) is 0 Å². The Balaban J connectivity index is 2.36. The standard InChI is InChI=1S/C45H80O10/c1-3-5-7-9-11-13-15-17-19-21-23-25-27-29-31-33-40(47)52-36-38(37-53-45-44(51)43(50)42(49)39(35-46)55-45)54-41(48)34-32-30-28-26-24-22-20-18-16-14-12-10-8-6-4-2/h14-16,19,38-39,42-46,49-51H,3-13,18,20-37H2,1-2H3/b16-14+/t17?,38-,39-,42+,43?,44?,45-/m0/s1. The molecule has 0 aromatic carbocycles. The van der Waals surface area contributed by atoms with Crippen LogP contribution < -0.4 is 0 Å². The van der Waals surface area contributed by atoms with Gasteiger partial charge in [-0.25, -0.2) is 0 Å². The SMILES string of the molecule is CCCCCC/C=C/CCCCCCCCCC(=O)O[C@@H](COC(=O)CCCCCCCC=C=CCCCCCCC)CO[C@H]1O[C@@H](CO)[C@@H](O)C(O)C1O. The van der Waals surface area contributed by atoms with Crippen LogP contribution in [0.2, 0.25) is 0 Å². The third kappa shape index (κ3) is 28.1. The van der Waals surface area contributed by atoms with Gasteiger partial charge in [0, 0.05) is 12.8 Å². The molecular formula is C45H80O10. The second kappa shape index (κ2) is 36.3. The molecule has 4 N–H and O–H groups in total. The number of unbranched alkanes of at least 4 members (excludes halogenated alkanes) is 21. The molecule has 6 atom stereocenters. The molecule has 1 rings (SSSR count). The maximum absolute atomic E-state index is 12.8. The van der Waals surface area contributed by atoms with Crippen molar-refractivity contribution in [3.05, 3.63) is 30.0 Å². The average molecular weight is 781 g/mol. The summed E-state index contributed by atoms with van der Waals surface area (Å²) in [7, 11) is 0. The van der Waals surface area contributed by atoms with Gasteiger partial charge in [0.1, 0.15) is 31.0 Å². The number of aliphatic hydroxyl groups excluding tert-OH is 4. The number of carbonyl (C=O) groups excluding carboxylic acids is 2. The zero-order chi connectivity index (χ0) is 40.2. The number of allylic oxidation sites excluding steroid dienone is 3. The monoisotopic (exact) mass is 781 g/mol. The molecule has 2 unspecified atom stereocenters. The van der Waals surface area contributed by atoms with Crippen molar-refractivity contribution in [3.8, 4) is 0 Å². The van der Waals surface area contributed by atoms with Gasteiger partial charge in [0.25, 0.3) is 0 Å². The average Bonchev–Trinajstić information content (AvgIpc) is 3.18. The minimum Gasteiger partial charge on any atom is -0.462 e. The third-order valence-corrected chi connectivity index (χ3v) is 10.1. The Labute approximate surface area is 334 Å². The Kier molecular flexibility index (Phi) is 33.7. The van der Waals surface area contributed by atoms with E-state index in [1.54, 1.807) is 0 Å². The van der Waals surface area contributed by atoms with Gasteiger partial charge in [0.05, 0.1) is 13.2 Å². The molecule has 0 saturated carbocycles. The highest BCUT2D eigenvalue weighted by Gasteiger charge is 2.44. The fraction of sp³-hybridized carbons (Fsp3) is 0.844. The number of esters is 2. The van der Waals surface area contributed by atoms with E-state index in [0.29, 0.717) is 12.8 Å². The summed E-state index contributed by atoms with van der Waals surface area (Å²) in [5, 5.41) is 40.0. The number of hydrogen-bond acceptors (Lipinski definition) is 10. The molecule has 55 heavy (non-hydrogen) atoms. The largest absolute Gasteiger partial charge is 0.462 e. The van der Waals surface area contributed by atoms with E-state index in [9.17, 15) is 30.0 Å². The van der Waals surface area contributed by atoms with Gasteiger partial charge in [0.2, 0.25) is 0 Å². The zero-order valence-electron chi connectivity index (χ0n) is 34.7. The highest BCUT2D eigenvalue weighted by Crippen LogP contribution is 2.22. The van der Waals surface area contributed by atoms with Crippen LogP contribution in [-0.4, -0.2) is 89.0 Å². The van der Waals surface area contributed by atoms with Crippen molar-refractivity contribution in [1.29, 1.82) is 0 Å². The Hall–Kier alpha value is -2.04. The topological polar surface area (TPSA) is 152 Å². The van der Waals surface area contributed by atoms with Crippen LogP contribution in [0.15, 0.2) is 30.0 Å². The molecule has 0 spiro atoms. The lowest BCUT2D eigenvalue weighted by atomic mass is 9.99. The molecule has 0 aliphatic carbocycles. The van der Waals surface area contributed by atoms with Crippen molar-refractivity contribution in [1.82, 2.24) is 0 Å². The van der Waals surface area contributed by atoms with Gasteiger partial charge in [-0.05, 0) is 76.4 Å². The van der Waals surface area contributed by atoms with E-state index in [-0.39, 0.29) is 26.1 Å². The lowest BCUT2D eigenvalue weighted by Crippen LogP contribution is -2.59. The molecule has 0 bridgehead atoms. The van der Waals surface area contributed by atoms with Crippen molar-refractivity contribution in [2.45, 2.75) is 224 Å². The van der Waals surface area contributed by atoms with E-state index in [0.717, 1.165) is 64.2 Å². The van der Waals surface area contributed by atoms with Gasteiger partial charge in [-0.1, -0.05) is 122 Å². The molecule has 1 aliphatic rings. The van der Waals surface area contributed by atoms with Gasteiger partial charge in [0.15, 0.2) is 12.4 Å². The number of rotatable bonds is 36. The Morgan fingerprint density at radius 3 is 1.62 bits per heavy atom. The van der Waals surface area contributed by atoms with Gasteiger partial charge >= 0.3 is 11.9 Å². The predicted molar refractivity (Wildman–Crippen MR) is 218 cm³/mol. The fourth-order valence-corrected chi connectivity index (χ4v) is 6.51. The van der Waals surface area contributed by atoms with Crippen LogP contribution in [-0.2, 0) is 28.5 Å². The smallest absolute Gasteiger partial charge is 0.306 e. The maximum atomic E-state index is 12.8. The molecule has 1 aliphatic heterocycles. The first-order valence-corrected chi connectivity index (χ1v) is 22.2. The summed E-state index contributed by atoms with van der Waals surface area (Å²) in [5.74, 6) is -0.831. The molecule has 1 heterocycles. The summed E-state index contributed by atoms with van der Waals surface area (Å²) in [6.45, 7) is 3.37. The van der Waals surface area contributed by atoms with Crippen molar-refractivity contribution in [3.63, 3.8) is 0 Å². The molecule has 320 valence electrons. The molecule has 0 aromatic rings. The molecule has 0 radical (unpaired) electrons. The molecule has 10 nitrogen and oxygen atoms in total. The number of carbonyl (C=O) groups is 2. The van der Waals surface area contributed by atoms with Crippen molar-refractivity contribution in [2.24, 2.45) is 0 Å². The molecule has 0 aromatic heterocycles. The highest BCUT2D eigenvalue weighted by molar-refractivity contribution is 5.70. The van der Waals surface area contributed by atoms with Gasteiger partial charge < -0.3 is 39.4 Å². The normalized spacial score (nSPS) is 20.3. The summed E-state index contributed by atoms with van der Waals surface area (Å²) in [5.41, 5.74) is 3.29. The predicted octanol–water partition coefficient (Wildman–Crippen LogP) is 9.10. The van der Waals surface area contributed by atoms with Gasteiger partial charge in [-0.15, -0.1) is 5.73 Å². The van der Waals surface area contributed by atoms with Crippen molar-refractivity contribution in [2.75, 3.05) is 19.8 Å². The van der Waals surface area contributed by atoms with Crippen LogP contribution in [0.3, 0.4) is 0 Å². The Bertz CT molecular complexity index is 1010. The van der Waals surface area contributed by atoms with Crippen LogP contribution in [0.4, 0.5) is 0 Å². The number of ether oxygens (including phenoxy) is 4. The summed E-state index contributed by atoms with van der Waals surface area (Å²) in [4.78, 5) is 25.3. The van der Waals surface area contributed by atoms with E-state index in [1.807, 2.05) is 0 Å². The first-order valence-electron chi connectivity index (χ1n) is 22.2. The lowest BCUT2D eigenvalue weighted by Gasteiger charge is -2.39. The summed E-state index contributed by atoms with van der Waals surface area (Å²) in [6, 6.07) is 0. The van der Waals surface area contributed by atoms with Crippen LogP contribution >= 0.6 is 0 Å². The highest BCUT2D eigenvalue weighted by atomic mass is 16.7. The third-order valence-electron chi connectivity index (χ3n) is 10.1.